The minimum Gasteiger partial charge on any atom is -0.444 e. The first-order valence-electron chi connectivity index (χ1n) is 6.45. The first-order valence-corrected chi connectivity index (χ1v) is 6.45. The second-order valence-electron chi connectivity index (χ2n) is 5.71. The number of ether oxygens (including phenoxy) is 1. The number of carbonyl (C=O) groups excluding carboxylic acids is 2. The highest BCUT2D eigenvalue weighted by Gasteiger charge is 2.29. The molecule has 104 valence electrons. The van der Waals surface area contributed by atoms with Crippen LogP contribution in [0.3, 0.4) is 0 Å². The van der Waals surface area contributed by atoms with Crippen LogP contribution in [0.15, 0.2) is 0 Å². The molecule has 1 atom stereocenters. The van der Waals surface area contributed by atoms with Gasteiger partial charge in [0.2, 0.25) is 0 Å². The van der Waals surface area contributed by atoms with Crippen molar-refractivity contribution in [2.24, 2.45) is 5.92 Å². The SMILES string of the molecule is CC(C)(C)OC(=O)N1CCCC(=O)C(CCO)C1. The molecule has 1 saturated heterocycles. The fourth-order valence-corrected chi connectivity index (χ4v) is 2.01. The van der Waals surface area contributed by atoms with Gasteiger partial charge in [0.1, 0.15) is 11.4 Å². The van der Waals surface area contributed by atoms with Crippen LogP contribution >= 0.6 is 0 Å². The topological polar surface area (TPSA) is 66.8 Å². The molecule has 5 nitrogen and oxygen atoms in total. The number of Topliss-reactive ketones (excluding diaryl/α,β-unsaturated/α-hetero) is 1. The normalized spacial score (nSPS) is 21.7. The third-order valence-electron chi connectivity index (χ3n) is 2.88. The number of aliphatic hydroxyl groups excluding tert-OH is 1. The first-order chi connectivity index (χ1) is 8.33. The molecule has 1 fully saturated rings. The third kappa shape index (κ3) is 4.64. The summed E-state index contributed by atoms with van der Waals surface area (Å²) in [7, 11) is 0. The van der Waals surface area contributed by atoms with Crippen LogP contribution in [0, 0.1) is 5.92 Å². The van der Waals surface area contributed by atoms with Gasteiger partial charge in [-0.05, 0) is 33.6 Å². The highest BCUT2D eigenvalue weighted by atomic mass is 16.6. The van der Waals surface area contributed by atoms with Crippen LogP contribution in [0.5, 0.6) is 0 Å². The summed E-state index contributed by atoms with van der Waals surface area (Å²) >= 11 is 0. The van der Waals surface area contributed by atoms with Gasteiger partial charge in [0, 0.05) is 32.0 Å². The summed E-state index contributed by atoms with van der Waals surface area (Å²) in [5, 5.41) is 8.95. The van der Waals surface area contributed by atoms with Gasteiger partial charge >= 0.3 is 6.09 Å². The highest BCUT2D eigenvalue weighted by Crippen LogP contribution is 2.18. The Morgan fingerprint density at radius 1 is 1.50 bits per heavy atom. The molecule has 5 heteroatoms. The summed E-state index contributed by atoms with van der Waals surface area (Å²) in [6.07, 6.45) is 1.18. The molecular formula is C13H23NO4. The van der Waals surface area contributed by atoms with Crippen LogP contribution in [0.2, 0.25) is 0 Å². The average Bonchev–Trinajstić information content (AvgIpc) is 2.40. The summed E-state index contributed by atoms with van der Waals surface area (Å²) in [5.74, 6) is -0.125. The van der Waals surface area contributed by atoms with E-state index in [0.717, 1.165) is 0 Å². The number of aliphatic hydroxyl groups is 1. The second-order valence-corrected chi connectivity index (χ2v) is 5.71. The zero-order valence-electron chi connectivity index (χ0n) is 11.4. The molecule has 0 bridgehead atoms. The predicted octanol–water partition coefficient (Wildman–Crippen LogP) is 1.58. The quantitative estimate of drug-likeness (QED) is 0.815. The molecule has 0 aromatic heterocycles. The minimum atomic E-state index is -0.528. The lowest BCUT2D eigenvalue weighted by Gasteiger charge is -2.27. The largest absolute Gasteiger partial charge is 0.444 e. The summed E-state index contributed by atoms with van der Waals surface area (Å²) < 4.78 is 5.31. The van der Waals surface area contributed by atoms with Crippen molar-refractivity contribution in [3.8, 4) is 0 Å². The average molecular weight is 257 g/mol. The first kappa shape index (κ1) is 15.0. The van der Waals surface area contributed by atoms with Crippen molar-refractivity contribution in [1.82, 2.24) is 4.90 Å². The minimum absolute atomic E-state index is 0.0292. The molecule has 0 saturated carbocycles. The van der Waals surface area contributed by atoms with Crippen LogP contribution in [0.25, 0.3) is 0 Å². The summed E-state index contributed by atoms with van der Waals surface area (Å²) in [5.41, 5.74) is -0.528. The number of hydrogen-bond donors (Lipinski definition) is 1. The van der Waals surface area contributed by atoms with E-state index in [-0.39, 0.29) is 24.4 Å². The molecule has 0 spiro atoms. The monoisotopic (exact) mass is 257 g/mol. The molecule has 1 heterocycles. The summed E-state index contributed by atoms with van der Waals surface area (Å²) in [6, 6.07) is 0. The van der Waals surface area contributed by atoms with E-state index in [0.29, 0.717) is 32.4 Å². The lowest BCUT2D eigenvalue weighted by Crippen LogP contribution is -2.40. The van der Waals surface area contributed by atoms with E-state index in [4.69, 9.17) is 9.84 Å². The Morgan fingerprint density at radius 3 is 2.72 bits per heavy atom. The molecule has 0 aromatic carbocycles. The molecule has 1 rings (SSSR count). The molecule has 18 heavy (non-hydrogen) atoms. The zero-order valence-corrected chi connectivity index (χ0v) is 11.4. The maximum absolute atomic E-state index is 12.0. The van der Waals surface area contributed by atoms with E-state index in [1.165, 1.54) is 0 Å². The van der Waals surface area contributed by atoms with Crippen molar-refractivity contribution in [3.63, 3.8) is 0 Å². The van der Waals surface area contributed by atoms with E-state index in [2.05, 4.69) is 0 Å². The van der Waals surface area contributed by atoms with Gasteiger partial charge in [-0.1, -0.05) is 0 Å². The number of ketones is 1. The lowest BCUT2D eigenvalue weighted by molar-refractivity contribution is -0.123. The van der Waals surface area contributed by atoms with Gasteiger partial charge in [-0.25, -0.2) is 4.79 Å². The van der Waals surface area contributed by atoms with Gasteiger partial charge in [-0.15, -0.1) is 0 Å². The zero-order chi connectivity index (χ0) is 13.8. The van der Waals surface area contributed by atoms with Crippen LogP contribution in [-0.4, -0.2) is 47.2 Å². The molecule has 1 unspecified atom stereocenters. The Labute approximate surface area is 108 Å². The number of likely N-dealkylation sites (tertiary alicyclic amines) is 1. The van der Waals surface area contributed by atoms with Crippen molar-refractivity contribution in [2.75, 3.05) is 19.7 Å². The van der Waals surface area contributed by atoms with Gasteiger partial charge in [-0.2, -0.15) is 0 Å². The van der Waals surface area contributed by atoms with Crippen LogP contribution in [0.4, 0.5) is 4.79 Å². The molecule has 1 amide bonds. The van der Waals surface area contributed by atoms with Crippen molar-refractivity contribution in [2.45, 2.75) is 45.6 Å². The molecule has 0 aromatic rings. The Kier molecular flexibility index (Phi) is 5.14. The van der Waals surface area contributed by atoms with Gasteiger partial charge in [0.15, 0.2) is 0 Å². The van der Waals surface area contributed by atoms with Crippen molar-refractivity contribution in [1.29, 1.82) is 0 Å². The Bertz CT molecular complexity index is 309. The molecular weight excluding hydrogens is 234 g/mol. The Balaban J connectivity index is 2.65. The van der Waals surface area contributed by atoms with Gasteiger partial charge in [0.25, 0.3) is 0 Å². The number of nitrogens with zero attached hydrogens (tertiary/aromatic N) is 1. The predicted molar refractivity (Wildman–Crippen MR) is 67.2 cm³/mol. The summed E-state index contributed by atoms with van der Waals surface area (Å²) in [6.45, 7) is 6.33. The van der Waals surface area contributed by atoms with E-state index in [1.54, 1.807) is 4.90 Å². The standard InChI is InChI=1S/C13H23NO4/c1-13(2,3)18-12(17)14-7-4-5-11(16)10(9-14)6-8-15/h10,15H,4-9H2,1-3H3. The Morgan fingerprint density at radius 2 is 2.17 bits per heavy atom. The van der Waals surface area contributed by atoms with E-state index in [1.807, 2.05) is 20.8 Å². The van der Waals surface area contributed by atoms with Crippen molar-refractivity contribution < 1.29 is 19.4 Å². The van der Waals surface area contributed by atoms with Crippen LogP contribution in [0.1, 0.15) is 40.0 Å². The van der Waals surface area contributed by atoms with Gasteiger partial charge in [-0.3, -0.25) is 4.79 Å². The molecule has 1 N–H and O–H groups in total. The number of amides is 1. The fourth-order valence-electron chi connectivity index (χ4n) is 2.01. The highest BCUT2D eigenvalue weighted by molar-refractivity contribution is 5.82. The van der Waals surface area contributed by atoms with E-state index >= 15 is 0 Å². The molecule has 1 aliphatic rings. The number of hydrogen-bond acceptors (Lipinski definition) is 4. The maximum atomic E-state index is 12.0. The maximum Gasteiger partial charge on any atom is 0.410 e. The molecule has 1 aliphatic heterocycles. The summed E-state index contributed by atoms with van der Waals surface area (Å²) in [4.78, 5) is 25.3. The smallest absolute Gasteiger partial charge is 0.410 e. The van der Waals surface area contributed by atoms with Gasteiger partial charge in [0.05, 0.1) is 0 Å². The Hall–Kier alpha value is -1.10. The van der Waals surface area contributed by atoms with Gasteiger partial charge < -0.3 is 14.7 Å². The molecule has 0 radical (unpaired) electrons. The van der Waals surface area contributed by atoms with Crippen LogP contribution in [-0.2, 0) is 9.53 Å². The van der Waals surface area contributed by atoms with Crippen molar-refractivity contribution >= 4 is 11.9 Å². The van der Waals surface area contributed by atoms with E-state index < -0.39 is 5.60 Å². The second kappa shape index (κ2) is 6.18. The lowest BCUT2D eigenvalue weighted by atomic mass is 9.98. The molecule has 0 aliphatic carbocycles. The number of rotatable bonds is 2. The number of carbonyl (C=O) groups is 2. The fraction of sp³-hybridized carbons (Fsp3) is 0.846. The third-order valence-corrected chi connectivity index (χ3v) is 2.88. The van der Waals surface area contributed by atoms with Crippen molar-refractivity contribution in [3.05, 3.63) is 0 Å². The van der Waals surface area contributed by atoms with E-state index in [9.17, 15) is 9.59 Å². The van der Waals surface area contributed by atoms with Crippen LogP contribution < -0.4 is 0 Å².